The molecule has 0 aromatic carbocycles. The summed E-state index contributed by atoms with van der Waals surface area (Å²) in [5, 5.41) is 5.75. The van der Waals surface area contributed by atoms with Gasteiger partial charge in [0.05, 0.1) is 7.11 Å². The van der Waals surface area contributed by atoms with Crippen LogP contribution in [0.5, 0.6) is 0 Å². The fourth-order valence-corrected chi connectivity index (χ4v) is 2.68. The van der Waals surface area contributed by atoms with Gasteiger partial charge in [0.25, 0.3) is 0 Å². The first kappa shape index (κ1) is 15.8. The van der Waals surface area contributed by atoms with Crippen molar-refractivity contribution >= 4 is 12.0 Å². The molecule has 0 unspecified atom stereocenters. The molecule has 1 aliphatic carbocycles. The highest BCUT2D eigenvalue weighted by atomic mass is 16.5. The standard InChI is InChI=1S/C14H26N2O3/c1-5-14(8-6-7-9-14)16-12(17)11(10(2)3)15-13(18)19-4/h10-11H,5-9H2,1-4H3,(H,15,18)(H,16,17)/t11-/m0/s1. The van der Waals surface area contributed by atoms with E-state index in [2.05, 4.69) is 22.3 Å². The molecular weight excluding hydrogens is 244 g/mol. The molecule has 19 heavy (non-hydrogen) atoms. The number of ether oxygens (including phenoxy) is 1. The molecule has 0 aliphatic heterocycles. The van der Waals surface area contributed by atoms with E-state index in [0.717, 1.165) is 32.1 Å². The van der Waals surface area contributed by atoms with Crippen LogP contribution in [0, 0.1) is 5.92 Å². The molecule has 0 saturated heterocycles. The van der Waals surface area contributed by atoms with Crippen LogP contribution in [0.1, 0.15) is 52.9 Å². The fraction of sp³-hybridized carbons (Fsp3) is 0.857. The van der Waals surface area contributed by atoms with Gasteiger partial charge in [0.1, 0.15) is 6.04 Å². The fourth-order valence-electron chi connectivity index (χ4n) is 2.68. The van der Waals surface area contributed by atoms with Gasteiger partial charge in [0.15, 0.2) is 0 Å². The zero-order valence-corrected chi connectivity index (χ0v) is 12.4. The predicted octanol–water partition coefficient (Wildman–Crippen LogP) is 2.21. The Morgan fingerprint density at radius 2 is 1.84 bits per heavy atom. The van der Waals surface area contributed by atoms with Crippen LogP contribution in [0.3, 0.4) is 0 Å². The summed E-state index contributed by atoms with van der Waals surface area (Å²) in [7, 11) is 1.30. The van der Waals surface area contributed by atoms with E-state index in [4.69, 9.17) is 0 Å². The summed E-state index contributed by atoms with van der Waals surface area (Å²) < 4.78 is 4.57. The summed E-state index contributed by atoms with van der Waals surface area (Å²) in [6.07, 6.45) is 4.74. The molecule has 2 amide bonds. The molecule has 0 aromatic rings. The highest BCUT2D eigenvalue weighted by Gasteiger charge is 2.36. The third kappa shape index (κ3) is 4.11. The average Bonchev–Trinajstić information content (AvgIpc) is 2.84. The minimum Gasteiger partial charge on any atom is -0.453 e. The molecule has 1 fully saturated rings. The number of carbonyl (C=O) groups excluding carboxylic acids is 2. The Hall–Kier alpha value is -1.26. The maximum atomic E-state index is 12.4. The molecule has 0 bridgehead atoms. The van der Waals surface area contributed by atoms with Gasteiger partial charge >= 0.3 is 6.09 Å². The lowest BCUT2D eigenvalue weighted by atomic mass is 9.92. The van der Waals surface area contributed by atoms with Crippen molar-refractivity contribution in [1.29, 1.82) is 0 Å². The lowest BCUT2D eigenvalue weighted by molar-refractivity contribution is -0.126. The van der Waals surface area contributed by atoms with Crippen LogP contribution < -0.4 is 10.6 Å². The van der Waals surface area contributed by atoms with E-state index in [1.165, 1.54) is 7.11 Å². The predicted molar refractivity (Wildman–Crippen MR) is 73.8 cm³/mol. The van der Waals surface area contributed by atoms with Gasteiger partial charge in [-0.15, -0.1) is 0 Å². The topological polar surface area (TPSA) is 67.4 Å². The van der Waals surface area contributed by atoms with Crippen LogP contribution in [-0.4, -0.2) is 30.7 Å². The van der Waals surface area contributed by atoms with E-state index in [0.29, 0.717) is 0 Å². The van der Waals surface area contributed by atoms with Gasteiger partial charge in [-0.2, -0.15) is 0 Å². The second-order valence-electron chi connectivity index (χ2n) is 5.69. The number of hydrogen-bond acceptors (Lipinski definition) is 3. The number of methoxy groups -OCH3 is 1. The first-order valence-corrected chi connectivity index (χ1v) is 7.10. The van der Waals surface area contributed by atoms with Gasteiger partial charge in [-0.3, -0.25) is 4.79 Å². The van der Waals surface area contributed by atoms with Crippen LogP contribution in [0.15, 0.2) is 0 Å². The Balaban J connectivity index is 2.68. The van der Waals surface area contributed by atoms with Crippen LogP contribution >= 0.6 is 0 Å². The van der Waals surface area contributed by atoms with E-state index in [1.54, 1.807) is 0 Å². The number of amides is 2. The van der Waals surface area contributed by atoms with Crippen molar-refractivity contribution in [3.05, 3.63) is 0 Å². The zero-order chi connectivity index (χ0) is 14.5. The lowest BCUT2D eigenvalue weighted by Crippen LogP contribution is -2.56. The number of nitrogens with one attached hydrogen (secondary N) is 2. The highest BCUT2D eigenvalue weighted by Crippen LogP contribution is 2.32. The van der Waals surface area contributed by atoms with Gasteiger partial charge in [-0.1, -0.05) is 33.6 Å². The van der Waals surface area contributed by atoms with Crippen molar-refractivity contribution in [3.63, 3.8) is 0 Å². The van der Waals surface area contributed by atoms with Gasteiger partial charge in [-0.25, -0.2) is 4.79 Å². The molecule has 0 radical (unpaired) electrons. The molecule has 1 rings (SSSR count). The zero-order valence-electron chi connectivity index (χ0n) is 12.4. The molecule has 5 heteroatoms. The second-order valence-corrected chi connectivity index (χ2v) is 5.69. The molecule has 5 nitrogen and oxygen atoms in total. The summed E-state index contributed by atoms with van der Waals surface area (Å²) in [4.78, 5) is 23.7. The van der Waals surface area contributed by atoms with Crippen LogP contribution in [0.2, 0.25) is 0 Å². The van der Waals surface area contributed by atoms with Crippen molar-refractivity contribution in [2.45, 2.75) is 64.5 Å². The van der Waals surface area contributed by atoms with E-state index < -0.39 is 12.1 Å². The number of rotatable bonds is 5. The Kier molecular flexibility index (Phi) is 5.63. The molecule has 110 valence electrons. The van der Waals surface area contributed by atoms with E-state index in [-0.39, 0.29) is 17.4 Å². The summed E-state index contributed by atoms with van der Waals surface area (Å²) in [5.41, 5.74) is -0.0813. The molecule has 1 aliphatic rings. The summed E-state index contributed by atoms with van der Waals surface area (Å²) in [6, 6.07) is -0.545. The first-order valence-electron chi connectivity index (χ1n) is 7.10. The van der Waals surface area contributed by atoms with Crippen LogP contribution in [0.25, 0.3) is 0 Å². The number of alkyl carbamates (subject to hydrolysis) is 1. The largest absolute Gasteiger partial charge is 0.453 e. The lowest BCUT2D eigenvalue weighted by Gasteiger charge is -2.32. The summed E-state index contributed by atoms with van der Waals surface area (Å²) in [5.74, 6) is -0.0847. The normalized spacial score (nSPS) is 19.0. The number of carbonyl (C=O) groups is 2. The maximum Gasteiger partial charge on any atom is 0.407 e. The third-order valence-corrected chi connectivity index (χ3v) is 4.03. The second kappa shape index (κ2) is 6.78. The van der Waals surface area contributed by atoms with Gasteiger partial charge < -0.3 is 15.4 Å². The van der Waals surface area contributed by atoms with Gasteiger partial charge in [-0.05, 0) is 25.2 Å². The van der Waals surface area contributed by atoms with Crippen molar-refractivity contribution in [3.8, 4) is 0 Å². The van der Waals surface area contributed by atoms with E-state index in [1.807, 2.05) is 13.8 Å². The minimum atomic E-state index is -0.564. The molecule has 0 spiro atoms. The number of hydrogen-bond donors (Lipinski definition) is 2. The average molecular weight is 270 g/mol. The van der Waals surface area contributed by atoms with Crippen LogP contribution in [-0.2, 0) is 9.53 Å². The SMILES string of the molecule is CCC1(NC(=O)[C@@H](NC(=O)OC)C(C)C)CCCC1. The van der Waals surface area contributed by atoms with Crippen molar-refractivity contribution in [2.75, 3.05) is 7.11 Å². The Labute approximate surface area is 115 Å². The van der Waals surface area contributed by atoms with E-state index in [9.17, 15) is 9.59 Å². The molecule has 0 heterocycles. The molecule has 2 N–H and O–H groups in total. The van der Waals surface area contributed by atoms with E-state index >= 15 is 0 Å². The molecular formula is C14H26N2O3. The quantitative estimate of drug-likeness (QED) is 0.805. The molecule has 1 atom stereocenters. The molecule has 0 aromatic heterocycles. The summed E-state index contributed by atoms with van der Waals surface area (Å²) >= 11 is 0. The Bertz CT molecular complexity index is 323. The maximum absolute atomic E-state index is 12.4. The van der Waals surface area contributed by atoms with Crippen LogP contribution in [0.4, 0.5) is 4.79 Å². The molecule has 1 saturated carbocycles. The Morgan fingerprint density at radius 1 is 1.26 bits per heavy atom. The van der Waals surface area contributed by atoms with Crippen molar-refractivity contribution < 1.29 is 14.3 Å². The Morgan fingerprint density at radius 3 is 2.26 bits per heavy atom. The first-order chi connectivity index (χ1) is 8.94. The summed E-state index contributed by atoms with van der Waals surface area (Å²) in [6.45, 7) is 5.92. The monoisotopic (exact) mass is 270 g/mol. The van der Waals surface area contributed by atoms with Crippen molar-refractivity contribution in [1.82, 2.24) is 10.6 Å². The smallest absolute Gasteiger partial charge is 0.407 e. The van der Waals surface area contributed by atoms with Gasteiger partial charge in [0, 0.05) is 5.54 Å². The van der Waals surface area contributed by atoms with Crippen molar-refractivity contribution in [2.24, 2.45) is 5.92 Å². The highest BCUT2D eigenvalue weighted by molar-refractivity contribution is 5.86. The van der Waals surface area contributed by atoms with Gasteiger partial charge in [0.2, 0.25) is 5.91 Å². The third-order valence-electron chi connectivity index (χ3n) is 4.03. The minimum absolute atomic E-state index is 0.0226.